The first-order valence-corrected chi connectivity index (χ1v) is 8.22. The Morgan fingerprint density at radius 2 is 1.36 bits per heavy atom. The van der Waals surface area contributed by atoms with Crippen LogP contribution >= 0.6 is 0 Å². The number of allylic oxidation sites excluding steroid dienone is 1. The van der Waals surface area contributed by atoms with Gasteiger partial charge in [0.25, 0.3) is 0 Å². The van der Waals surface area contributed by atoms with Crippen LogP contribution in [0.1, 0.15) is 11.1 Å². The minimum absolute atomic E-state index is 0.670. The fraction of sp³-hybridized carbons (Fsp3) is 0.0870. The van der Waals surface area contributed by atoms with Gasteiger partial charge in [-0.3, -0.25) is 0 Å². The molecule has 0 heterocycles. The molecule has 2 nitrogen and oxygen atoms in total. The molecule has 0 aliphatic heterocycles. The van der Waals surface area contributed by atoms with E-state index in [0.29, 0.717) is 5.57 Å². The Morgan fingerprint density at radius 1 is 0.800 bits per heavy atom. The molecule has 0 unspecified atom stereocenters. The van der Waals surface area contributed by atoms with Crippen LogP contribution < -0.4 is 4.90 Å². The molecule has 122 valence electrons. The minimum Gasteiger partial charge on any atom is -0.378 e. The molecule has 0 amide bonds. The average molecular weight is 324 g/mol. The molecule has 25 heavy (non-hydrogen) atoms. The Balaban J connectivity index is 1.85. The number of hydrogen-bond acceptors (Lipinski definition) is 2. The molecule has 0 N–H and O–H groups in total. The molecule has 0 fully saturated rings. The monoisotopic (exact) mass is 324 g/mol. The van der Waals surface area contributed by atoms with Crippen molar-refractivity contribution in [3.8, 4) is 17.2 Å². The van der Waals surface area contributed by atoms with Crippen LogP contribution in [0.4, 0.5) is 5.69 Å². The number of rotatable bonds is 4. The number of anilines is 1. The first-order valence-electron chi connectivity index (χ1n) is 8.22. The van der Waals surface area contributed by atoms with Crippen LogP contribution in [-0.2, 0) is 0 Å². The maximum absolute atomic E-state index is 9.42. The van der Waals surface area contributed by atoms with Crippen molar-refractivity contribution in [2.24, 2.45) is 0 Å². The molecule has 0 atom stereocenters. The third-order valence-electron chi connectivity index (χ3n) is 4.14. The first kappa shape index (κ1) is 16.5. The van der Waals surface area contributed by atoms with Crippen LogP contribution in [0, 0.1) is 11.3 Å². The number of hydrogen-bond donors (Lipinski definition) is 0. The lowest BCUT2D eigenvalue weighted by Crippen LogP contribution is -2.07. The van der Waals surface area contributed by atoms with E-state index in [2.05, 4.69) is 59.5 Å². The van der Waals surface area contributed by atoms with E-state index in [-0.39, 0.29) is 0 Å². The van der Waals surface area contributed by atoms with Crippen LogP contribution in [0.15, 0.2) is 78.9 Å². The predicted octanol–water partition coefficient (Wildman–Crippen LogP) is 5.48. The van der Waals surface area contributed by atoms with Gasteiger partial charge in [0.15, 0.2) is 0 Å². The van der Waals surface area contributed by atoms with E-state index in [9.17, 15) is 5.26 Å². The molecule has 0 aliphatic rings. The highest BCUT2D eigenvalue weighted by molar-refractivity contribution is 5.89. The highest BCUT2D eigenvalue weighted by Crippen LogP contribution is 2.24. The van der Waals surface area contributed by atoms with Crippen molar-refractivity contribution < 1.29 is 0 Å². The van der Waals surface area contributed by atoms with Gasteiger partial charge < -0.3 is 4.90 Å². The largest absolute Gasteiger partial charge is 0.378 e. The van der Waals surface area contributed by atoms with Gasteiger partial charge in [-0.1, -0.05) is 66.7 Å². The molecule has 0 aromatic heterocycles. The summed E-state index contributed by atoms with van der Waals surface area (Å²) in [6.07, 6.45) is 1.92. The summed E-state index contributed by atoms with van der Waals surface area (Å²) < 4.78 is 0. The van der Waals surface area contributed by atoms with E-state index in [1.165, 1.54) is 16.8 Å². The van der Waals surface area contributed by atoms with E-state index in [0.717, 1.165) is 11.1 Å². The Kier molecular flexibility index (Phi) is 4.97. The van der Waals surface area contributed by atoms with Gasteiger partial charge in [-0.2, -0.15) is 5.26 Å². The normalized spacial score (nSPS) is 11.0. The van der Waals surface area contributed by atoms with E-state index in [4.69, 9.17) is 0 Å². The van der Waals surface area contributed by atoms with Gasteiger partial charge in [0.05, 0.1) is 11.6 Å². The van der Waals surface area contributed by atoms with Crippen molar-refractivity contribution in [3.63, 3.8) is 0 Å². The van der Waals surface area contributed by atoms with Crippen molar-refractivity contribution >= 4 is 17.3 Å². The fourth-order valence-electron chi connectivity index (χ4n) is 2.69. The van der Waals surface area contributed by atoms with Crippen molar-refractivity contribution in [3.05, 3.63) is 90.0 Å². The Labute approximate surface area is 149 Å². The smallest absolute Gasteiger partial charge is 0.0998 e. The Morgan fingerprint density at radius 3 is 1.88 bits per heavy atom. The van der Waals surface area contributed by atoms with Gasteiger partial charge in [0, 0.05) is 19.8 Å². The summed E-state index contributed by atoms with van der Waals surface area (Å²) in [5, 5.41) is 9.42. The first-order chi connectivity index (χ1) is 12.2. The quantitative estimate of drug-likeness (QED) is 0.469. The predicted molar refractivity (Wildman–Crippen MR) is 106 cm³/mol. The summed E-state index contributed by atoms with van der Waals surface area (Å²) in [5.41, 5.74) is 6.17. The molecular formula is C23H20N2. The molecule has 3 aromatic carbocycles. The molecule has 0 aliphatic carbocycles. The maximum atomic E-state index is 9.42. The summed E-state index contributed by atoms with van der Waals surface area (Å²) >= 11 is 0. The SMILES string of the molecule is CN(C)c1ccc(-c2ccc(/C=C(\C#N)c3ccccc3)cc2)cc1. The van der Waals surface area contributed by atoms with Crippen LogP contribution in [-0.4, -0.2) is 14.1 Å². The zero-order valence-electron chi connectivity index (χ0n) is 14.5. The van der Waals surface area contributed by atoms with Crippen molar-refractivity contribution in [2.75, 3.05) is 19.0 Å². The van der Waals surface area contributed by atoms with E-state index in [1.54, 1.807) is 0 Å². The Bertz CT molecular complexity index is 897. The van der Waals surface area contributed by atoms with Crippen LogP contribution in [0.2, 0.25) is 0 Å². The van der Waals surface area contributed by atoms with Crippen LogP contribution in [0.3, 0.4) is 0 Å². The molecule has 2 heteroatoms. The zero-order chi connectivity index (χ0) is 17.6. The third-order valence-corrected chi connectivity index (χ3v) is 4.14. The molecule has 0 saturated heterocycles. The lowest BCUT2D eigenvalue weighted by molar-refractivity contribution is 1.13. The lowest BCUT2D eigenvalue weighted by atomic mass is 10.0. The standard InChI is InChI=1S/C23H20N2/c1-25(2)23-14-12-21(13-15-23)20-10-8-18(9-11-20)16-22(17-24)19-6-4-3-5-7-19/h3-16H,1-2H3/b22-16+. The summed E-state index contributed by atoms with van der Waals surface area (Å²) in [4.78, 5) is 2.09. The summed E-state index contributed by atoms with van der Waals surface area (Å²) in [6, 6.07) is 28.8. The Hall–Kier alpha value is -3.31. The van der Waals surface area contributed by atoms with Crippen LogP contribution in [0.25, 0.3) is 22.8 Å². The molecular weight excluding hydrogens is 304 g/mol. The van der Waals surface area contributed by atoms with Gasteiger partial charge >= 0.3 is 0 Å². The van der Waals surface area contributed by atoms with Gasteiger partial charge in [0.1, 0.15) is 0 Å². The van der Waals surface area contributed by atoms with Gasteiger partial charge in [-0.05, 0) is 40.5 Å². The second-order valence-electron chi connectivity index (χ2n) is 6.10. The van der Waals surface area contributed by atoms with Crippen LogP contribution in [0.5, 0.6) is 0 Å². The molecule has 0 radical (unpaired) electrons. The molecule has 3 rings (SSSR count). The number of nitrogens with zero attached hydrogens (tertiary/aromatic N) is 2. The second kappa shape index (κ2) is 7.51. The molecule has 0 bridgehead atoms. The van der Waals surface area contributed by atoms with Crippen molar-refractivity contribution in [1.29, 1.82) is 5.26 Å². The maximum Gasteiger partial charge on any atom is 0.0998 e. The summed E-state index contributed by atoms with van der Waals surface area (Å²) in [7, 11) is 4.07. The van der Waals surface area contributed by atoms with Gasteiger partial charge in [0.2, 0.25) is 0 Å². The van der Waals surface area contributed by atoms with Crippen molar-refractivity contribution in [2.45, 2.75) is 0 Å². The molecule has 3 aromatic rings. The van der Waals surface area contributed by atoms with Gasteiger partial charge in [-0.15, -0.1) is 0 Å². The average Bonchev–Trinajstić information content (AvgIpc) is 2.67. The summed E-state index contributed by atoms with van der Waals surface area (Å²) in [6.45, 7) is 0. The van der Waals surface area contributed by atoms with Crippen molar-refractivity contribution in [1.82, 2.24) is 0 Å². The molecule has 0 saturated carbocycles. The number of nitriles is 1. The second-order valence-corrected chi connectivity index (χ2v) is 6.10. The summed E-state index contributed by atoms with van der Waals surface area (Å²) in [5.74, 6) is 0. The van der Waals surface area contributed by atoms with E-state index >= 15 is 0 Å². The van der Waals surface area contributed by atoms with Gasteiger partial charge in [-0.25, -0.2) is 0 Å². The lowest BCUT2D eigenvalue weighted by Gasteiger charge is -2.12. The minimum atomic E-state index is 0.670. The fourth-order valence-corrected chi connectivity index (χ4v) is 2.69. The third kappa shape index (κ3) is 3.97. The topological polar surface area (TPSA) is 27.0 Å². The van der Waals surface area contributed by atoms with E-state index < -0.39 is 0 Å². The highest BCUT2D eigenvalue weighted by Gasteiger charge is 2.02. The zero-order valence-corrected chi connectivity index (χ0v) is 14.5. The number of benzene rings is 3. The molecule has 0 spiro atoms. The highest BCUT2D eigenvalue weighted by atomic mass is 15.1. The van der Waals surface area contributed by atoms with E-state index in [1.807, 2.05) is 50.5 Å².